The van der Waals surface area contributed by atoms with E-state index >= 15 is 0 Å². The number of pyridine rings is 2. The summed E-state index contributed by atoms with van der Waals surface area (Å²) < 4.78 is 13.2. The van der Waals surface area contributed by atoms with Crippen molar-refractivity contribution in [3.8, 4) is 5.82 Å². The summed E-state index contributed by atoms with van der Waals surface area (Å²) in [5.74, 6) is 1.56. The lowest BCUT2D eigenvalue weighted by Crippen LogP contribution is -2.41. The fourth-order valence-corrected chi connectivity index (χ4v) is 4.90. The van der Waals surface area contributed by atoms with Gasteiger partial charge >= 0.3 is 0 Å². The van der Waals surface area contributed by atoms with Crippen molar-refractivity contribution in [3.05, 3.63) is 47.4 Å². The average molecular weight is 434 g/mol. The Kier molecular flexibility index (Phi) is 4.91. The second kappa shape index (κ2) is 7.94. The number of aryl methyl sites for hydroxylation is 1. The SMILES string of the molecule is Cc1nn(-c2ccccn2)c2nc(C3CC3)cc(C(=O)N3CCC(C4OCCO4)CC3)c12. The van der Waals surface area contributed by atoms with E-state index < -0.39 is 0 Å². The summed E-state index contributed by atoms with van der Waals surface area (Å²) >= 11 is 0. The monoisotopic (exact) mass is 433 g/mol. The van der Waals surface area contributed by atoms with Gasteiger partial charge in [-0.3, -0.25) is 4.79 Å². The summed E-state index contributed by atoms with van der Waals surface area (Å²) in [7, 11) is 0. The Labute approximate surface area is 186 Å². The summed E-state index contributed by atoms with van der Waals surface area (Å²) in [5, 5.41) is 5.55. The third-order valence-electron chi connectivity index (χ3n) is 6.78. The Hall–Kier alpha value is -2.84. The van der Waals surface area contributed by atoms with Crippen molar-refractivity contribution in [1.29, 1.82) is 0 Å². The molecule has 0 spiro atoms. The van der Waals surface area contributed by atoms with Gasteiger partial charge in [-0.1, -0.05) is 6.07 Å². The van der Waals surface area contributed by atoms with Gasteiger partial charge < -0.3 is 14.4 Å². The van der Waals surface area contributed by atoms with Crippen LogP contribution in [-0.2, 0) is 9.47 Å². The van der Waals surface area contributed by atoms with E-state index in [2.05, 4.69) is 4.98 Å². The molecule has 0 N–H and O–H groups in total. The molecule has 0 atom stereocenters. The van der Waals surface area contributed by atoms with Crippen molar-refractivity contribution in [2.45, 2.75) is 44.8 Å². The number of amides is 1. The molecule has 166 valence electrons. The van der Waals surface area contributed by atoms with Crippen LogP contribution in [0.1, 0.15) is 53.3 Å². The number of nitrogens with zero attached hydrogens (tertiary/aromatic N) is 5. The second-order valence-electron chi connectivity index (χ2n) is 8.99. The van der Waals surface area contributed by atoms with Crippen LogP contribution in [0.4, 0.5) is 0 Å². The molecule has 0 bridgehead atoms. The van der Waals surface area contributed by atoms with Gasteiger partial charge in [-0.05, 0) is 50.8 Å². The molecule has 3 fully saturated rings. The van der Waals surface area contributed by atoms with Crippen molar-refractivity contribution in [2.24, 2.45) is 5.92 Å². The van der Waals surface area contributed by atoms with Gasteiger partial charge in [0.15, 0.2) is 17.8 Å². The van der Waals surface area contributed by atoms with Crippen molar-refractivity contribution in [1.82, 2.24) is 24.6 Å². The highest BCUT2D eigenvalue weighted by Crippen LogP contribution is 2.41. The lowest BCUT2D eigenvalue weighted by atomic mass is 9.95. The maximum absolute atomic E-state index is 13.7. The maximum Gasteiger partial charge on any atom is 0.254 e. The van der Waals surface area contributed by atoms with E-state index in [9.17, 15) is 4.79 Å². The Morgan fingerprint density at radius 1 is 1.09 bits per heavy atom. The minimum absolute atomic E-state index is 0.0645. The van der Waals surface area contributed by atoms with E-state index in [4.69, 9.17) is 19.6 Å². The molecule has 8 heteroatoms. The number of carbonyl (C=O) groups is 1. The smallest absolute Gasteiger partial charge is 0.254 e. The highest BCUT2D eigenvalue weighted by molar-refractivity contribution is 6.06. The molecule has 1 aliphatic carbocycles. The van der Waals surface area contributed by atoms with Gasteiger partial charge in [-0.2, -0.15) is 9.78 Å². The Morgan fingerprint density at radius 3 is 2.56 bits per heavy atom. The summed E-state index contributed by atoms with van der Waals surface area (Å²) in [6.07, 6.45) is 5.67. The quantitative estimate of drug-likeness (QED) is 0.628. The number of fused-ring (bicyclic) bond motifs is 1. The van der Waals surface area contributed by atoms with Crippen molar-refractivity contribution >= 4 is 16.9 Å². The maximum atomic E-state index is 13.7. The van der Waals surface area contributed by atoms with Crippen molar-refractivity contribution < 1.29 is 14.3 Å². The average Bonchev–Trinajstić information content (AvgIpc) is 3.44. The molecule has 2 aliphatic heterocycles. The summed E-state index contributed by atoms with van der Waals surface area (Å²) in [5.41, 5.74) is 3.21. The summed E-state index contributed by atoms with van der Waals surface area (Å²) in [4.78, 5) is 25.1. The Balaban J connectivity index is 1.35. The van der Waals surface area contributed by atoms with E-state index in [1.165, 1.54) is 0 Å². The molecule has 1 amide bonds. The predicted molar refractivity (Wildman–Crippen MR) is 118 cm³/mol. The number of aromatic nitrogens is 4. The molecule has 8 nitrogen and oxygen atoms in total. The molecule has 5 heterocycles. The lowest BCUT2D eigenvalue weighted by Gasteiger charge is -2.34. The van der Waals surface area contributed by atoms with E-state index in [-0.39, 0.29) is 12.2 Å². The third-order valence-corrected chi connectivity index (χ3v) is 6.78. The van der Waals surface area contributed by atoms with Crippen LogP contribution < -0.4 is 0 Å². The second-order valence-corrected chi connectivity index (χ2v) is 8.99. The van der Waals surface area contributed by atoms with Crippen LogP contribution in [0.3, 0.4) is 0 Å². The molecule has 2 saturated heterocycles. The molecule has 3 aromatic rings. The number of carbonyl (C=O) groups excluding carboxylic acids is 1. The fourth-order valence-electron chi connectivity index (χ4n) is 4.90. The van der Waals surface area contributed by atoms with Crippen LogP contribution in [-0.4, -0.2) is 63.1 Å². The number of hydrogen-bond donors (Lipinski definition) is 0. The first-order chi connectivity index (χ1) is 15.7. The zero-order chi connectivity index (χ0) is 21.7. The van der Waals surface area contributed by atoms with E-state index in [1.807, 2.05) is 36.1 Å². The third kappa shape index (κ3) is 3.47. The number of hydrogen-bond acceptors (Lipinski definition) is 6. The van der Waals surface area contributed by atoms with Crippen LogP contribution >= 0.6 is 0 Å². The Bertz CT molecular complexity index is 1140. The topological polar surface area (TPSA) is 82.4 Å². The van der Waals surface area contributed by atoms with Gasteiger partial charge in [0.1, 0.15) is 0 Å². The summed E-state index contributed by atoms with van der Waals surface area (Å²) in [6, 6.07) is 7.74. The van der Waals surface area contributed by atoms with Gasteiger partial charge in [0, 0.05) is 36.8 Å². The molecular weight excluding hydrogens is 406 g/mol. The molecule has 6 rings (SSSR count). The highest BCUT2D eigenvalue weighted by Gasteiger charge is 2.34. The van der Waals surface area contributed by atoms with Crippen LogP contribution in [0.5, 0.6) is 0 Å². The van der Waals surface area contributed by atoms with Crippen LogP contribution in [0.2, 0.25) is 0 Å². The molecule has 1 saturated carbocycles. The predicted octanol–water partition coefficient (Wildman–Crippen LogP) is 3.23. The first kappa shape index (κ1) is 19.8. The largest absolute Gasteiger partial charge is 0.350 e. The first-order valence-corrected chi connectivity index (χ1v) is 11.5. The van der Waals surface area contributed by atoms with Crippen LogP contribution in [0.15, 0.2) is 30.5 Å². The van der Waals surface area contributed by atoms with Crippen LogP contribution in [0, 0.1) is 12.8 Å². The number of rotatable bonds is 4. The van der Waals surface area contributed by atoms with Crippen molar-refractivity contribution in [3.63, 3.8) is 0 Å². The number of piperidine rings is 1. The molecule has 0 aromatic carbocycles. The molecular formula is C24H27N5O3. The molecule has 0 unspecified atom stereocenters. The van der Waals surface area contributed by atoms with Crippen molar-refractivity contribution in [2.75, 3.05) is 26.3 Å². The molecule has 3 aromatic heterocycles. The normalized spacial score (nSPS) is 20.3. The fraction of sp³-hybridized carbons (Fsp3) is 0.500. The molecule has 0 radical (unpaired) electrons. The van der Waals surface area contributed by atoms with E-state index in [0.29, 0.717) is 49.5 Å². The zero-order valence-electron chi connectivity index (χ0n) is 18.2. The van der Waals surface area contributed by atoms with Gasteiger partial charge in [-0.25, -0.2) is 9.97 Å². The van der Waals surface area contributed by atoms with Gasteiger partial charge in [0.25, 0.3) is 5.91 Å². The molecule has 3 aliphatic rings. The van der Waals surface area contributed by atoms with Gasteiger partial charge in [-0.15, -0.1) is 0 Å². The van der Waals surface area contributed by atoms with E-state index in [1.54, 1.807) is 10.9 Å². The highest BCUT2D eigenvalue weighted by atomic mass is 16.7. The lowest BCUT2D eigenvalue weighted by molar-refractivity contribution is -0.0956. The minimum atomic E-state index is -0.111. The minimum Gasteiger partial charge on any atom is -0.350 e. The summed E-state index contributed by atoms with van der Waals surface area (Å²) in [6.45, 7) is 4.70. The van der Waals surface area contributed by atoms with Crippen LogP contribution in [0.25, 0.3) is 16.9 Å². The number of likely N-dealkylation sites (tertiary alicyclic amines) is 1. The van der Waals surface area contributed by atoms with Gasteiger partial charge in [0.2, 0.25) is 0 Å². The first-order valence-electron chi connectivity index (χ1n) is 11.5. The standard InChI is InChI=1S/C24H27N5O3/c1-15-21-18(23(30)28-10-7-17(8-11-28)24-31-12-13-32-24)14-19(16-5-6-16)26-22(21)29(27-15)20-4-2-3-9-25-20/h2-4,9,14,16-17,24H,5-8,10-13H2,1H3. The van der Waals surface area contributed by atoms with Gasteiger partial charge in [0.05, 0.1) is 29.9 Å². The molecule has 32 heavy (non-hydrogen) atoms. The Morgan fingerprint density at radius 2 is 1.88 bits per heavy atom. The number of ether oxygens (including phenoxy) is 2. The van der Waals surface area contributed by atoms with E-state index in [0.717, 1.165) is 48.1 Å². The zero-order valence-corrected chi connectivity index (χ0v) is 18.2.